The van der Waals surface area contributed by atoms with Gasteiger partial charge >= 0.3 is 5.97 Å². The predicted octanol–water partition coefficient (Wildman–Crippen LogP) is 5.68. The van der Waals surface area contributed by atoms with Gasteiger partial charge in [0, 0.05) is 5.69 Å². The molecule has 30 heavy (non-hydrogen) atoms. The van der Waals surface area contributed by atoms with Crippen molar-refractivity contribution >= 4 is 11.7 Å². The van der Waals surface area contributed by atoms with Crippen LogP contribution in [0.25, 0.3) is 0 Å². The number of esters is 1. The monoisotopic (exact) mass is 405 g/mol. The highest BCUT2D eigenvalue weighted by molar-refractivity contribution is 5.90. The minimum Gasteiger partial charge on any atom is -0.489 e. The van der Waals surface area contributed by atoms with Crippen molar-refractivity contribution in [3.63, 3.8) is 0 Å². The van der Waals surface area contributed by atoms with E-state index in [0.717, 1.165) is 11.1 Å². The fourth-order valence-corrected chi connectivity index (χ4v) is 2.92. The molecule has 0 saturated heterocycles. The molecule has 3 aromatic rings. The summed E-state index contributed by atoms with van der Waals surface area (Å²) in [6.07, 6.45) is 0. The van der Waals surface area contributed by atoms with E-state index in [-0.39, 0.29) is 18.0 Å². The fraction of sp³-hybridized carbons (Fsp3) is 0.160. The first-order valence-corrected chi connectivity index (χ1v) is 9.71. The summed E-state index contributed by atoms with van der Waals surface area (Å²) in [5.41, 5.74) is 2.81. The van der Waals surface area contributed by atoms with Gasteiger partial charge in [-0.05, 0) is 54.4 Å². The number of nitrogens with one attached hydrogen (secondary N) is 1. The van der Waals surface area contributed by atoms with Gasteiger partial charge in [0.05, 0.1) is 18.2 Å². The second-order valence-corrected chi connectivity index (χ2v) is 6.67. The number of benzene rings is 3. The van der Waals surface area contributed by atoms with Crippen molar-refractivity contribution in [1.29, 1.82) is 0 Å². The number of rotatable bonds is 9. The standard InChI is InChI=1S/C25H24FNO3/c1-3-29-25(28)18(2)24(27-22-13-11-21(26)12-14-22)20-9-15-23(16-10-20)30-17-19-7-5-4-6-8-19/h4-16,24,27H,2-3,17H2,1H3/t24-/m1/s1. The lowest BCUT2D eigenvalue weighted by Gasteiger charge is -2.22. The summed E-state index contributed by atoms with van der Waals surface area (Å²) in [5, 5.41) is 3.23. The van der Waals surface area contributed by atoms with Crippen molar-refractivity contribution in [2.45, 2.75) is 19.6 Å². The molecule has 0 saturated carbocycles. The van der Waals surface area contributed by atoms with E-state index in [2.05, 4.69) is 11.9 Å². The number of carbonyl (C=O) groups excluding carboxylic acids is 1. The summed E-state index contributed by atoms with van der Waals surface area (Å²) >= 11 is 0. The number of ether oxygens (including phenoxy) is 2. The van der Waals surface area contributed by atoms with Gasteiger partial charge in [0.25, 0.3) is 0 Å². The molecular weight excluding hydrogens is 381 g/mol. The van der Waals surface area contributed by atoms with E-state index in [4.69, 9.17) is 9.47 Å². The Balaban J connectivity index is 1.76. The molecule has 154 valence electrons. The van der Waals surface area contributed by atoms with Crippen LogP contribution in [0.15, 0.2) is 91.0 Å². The third-order valence-corrected chi connectivity index (χ3v) is 4.50. The number of halogens is 1. The third-order valence-electron chi connectivity index (χ3n) is 4.50. The van der Waals surface area contributed by atoms with E-state index in [9.17, 15) is 9.18 Å². The van der Waals surface area contributed by atoms with Crippen LogP contribution >= 0.6 is 0 Å². The molecule has 0 aliphatic rings. The molecule has 3 aromatic carbocycles. The van der Waals surface area contributed by atoms with Crippen molar-refractivity contribution in [1.82, 2.24) is 0 Å². The minimum atomic E-state index is -0.530. The summed E-state index contributed by atoms with van der Waals surface area (Å²) < 4.78 is 24.2. The number of anilines is 1. The Kier molecular flexibility index (Phi) is 7.22. The van der Waals surface area contributed by atoms with E-state index >= 15 is 0 Å². The van der Waals surface area contributed by atoms with Gasteiger partial charge in [0.2, 0.25) is 0 Å². The maximum Gasteiger partial charge on any atom is 0.335 e. The van der Waals surface area contributed by atoms with Gasteiger partial charge in [0.1, 0.15) is 18.2 Å². The van der Waals surface area contributed by atoms with Gasteiger partial charge < -0.3 is 14.8 Å². The zero-order valence-corrected chi connectivity index (χ0v) is 16.8. The molecule has 0 aliphatic heterocycles. The van der Waals surface area contributed by atoms with Crippen molar-refractivity contribution in [2.75, 3.05) is 11.9 Å². The Bertz CT molecular complexity index is 970. The molecule has 0 bridgehead atoms. The highest BCUT2D eigenvalue weighted by atomic mass is 19.1. The summed E-state index contributed by atoms with van der Waals surface area (Å²) in [4.78, 5) is 12.3. The lowest BCUT2D eigenvalue weighted by Crippen LogP contribution is -2.20. The minimum absolute atomic E-state index is 0.257. The number of hydrogen-bond acceptors (Lipinski definition) is 4. The molecular formula is C25H24FNO3. The molecule has 3 rings (SSSR count). The molecule has 4 nitrogen and oxygen atoms in total. The van der Waals surface area contributed by atoms with Gasteiger partial charge in [-0.15, -0.1) is 0 Å². The van der Waals surface area contributed by atoms with Gasteiger partial charge in [-0.1, -0.05) is 49.0 Å². The van der Waals surface area contributed by atoms with E-state index in [1.807, 2.05) is 54.6 Å². The Morgan fingerprint density at radius 2 is 1.67 bits per heavy atom. The second kappa shape index (κ2) is 10.3. The van der Waals surface area contributed by atoms with Gasteiger partial charge in [0.15, 0.2) is 0 Å². The number of hydrogen-bond donors (Lipinski definition) is 1. The molecule has 0 heterocycles. The first-order chi connectivity index (χ1) is 14.6. The molecule has 0 aromatic heterocycles. The highest BCUT2D eigenvalue weighted by Crippen LogP contribution is 2.28. The average Bonchev–Trinajstić information content (AvgIpc) is 2.78. The van der Waals surface area contributed by atoms with Crippen LogP contribution in [-0.4, -0.2) is 12.6 Å². The zero-order valence-electron chi connectivity index (χ0n) is 16.8. The van der Waals surface area contributed by atoms with Crippen LogP contribution in [0.1, 0.15) is 24.1 Å². The first-order valence-electron chi connectivity index (χ1n) is 9.71. The summed E-state index contributed by atoms with van der Waals surface area (Å²) in [6.45, 7) is 6.38. The van der Waals surface area contributed by atoms with Crippen LogP contribution in [0.2, 0.25) is 0 Å². The Morgan fingerprint density at radius 3 is 2.30 bits per heavy atom. The first kappa shape index (κ1) is 21.1. The molecule has 0 aliphatic carbocycles. The van der Waals surface area contributed by atoms with Crippen LogP contribution in [0.5, 0.6) is 5.75 Å². The average molecular weight is 405 g/mol. The zero-order chi connectivity index (χ0) is 21.3. The van der Waals surface area contributed by atoms with Crippen LogP contribution in [0, 0.1) is 5.82 Å². The quantitative estimate of drug-likeness (QED) is 0.368. The maximum atomic E-state index is 13.2. The smallest absolute Gasteiger partial charge is 0.335 e. The van der Waals surface area contributed by atoms with Gasteiger partial charge in [-0.2, -0.15) is 0 Å². The molecule has 0 spiro atoms. The Morgan fingerprint density at radius 1 is 1.00 bits per heavy atom. The van der Waals surface area contributed by atoms with E-state index in [1.165, 1.54) is 12.1 Å². The largest absolute Gasteiger partial charge is 0.489 e. The molecule has 0 amide bonds. The molecule has 5 heteroatoms. The lowest BCUT2D eigenvalue weighted by atomic mass is 9.99. The molecule has 1 N–H and O–H groups in total. The Hall–Kier alpha value is -3.60. The van der Waals surface area contributed by atoms with Crippen molar-refractivity contribution in [3.8, 4) is 5.75 Å². The summed E-state index contributed by atoms with van der Waals surface area (Å²) in [7, 11) is 0. The van der Waals surface area contributed by atoms with E-state index in [0.29, 0.717) is 18.0 Å². The van der Waals surface area contributed by atoms with Crippen molar-refractivity contribution < 1.29 is 18.7 Å². The third kappa shape index (κ3) is 5.70. The maximum absolute atomic E-state index is 13.2. The topological polar surface area (TPSA) is 47.6 Å². The molecule has 0 radical (unpaired) electrons. The number of carbonyl (C=O) groups is 1. The second-order valence-electron chi connectivity index (χ2n) is 6.67. The summed E-state index contributed by atoms with van der Waals surface area (Å²) in [6, 6.07) is 22.7. The van der Waals surface area contributed by atoms with Crippen LogP contribution in [0.3, 0.4) is 0 Å². The Labute approximate surface area is 176 Å². The molecule has 1 atom stereocenters. The lowest BCUT2D eigenvalue weighted by molar-refractivity contribution is -0.138. The summed E-state index contributed by atoms with van der Waals surface area (Å²) in [5.74, 6) is -0.104. The van der Waals surface area contributed by atoms with Crippen LogP contribution < -0.4 is 10.1 Å². The predicted molar refractivity (Wildman–Crippen MR) is 116 cm³/mol. The molecule has 0 unspecified atom stereocenters. The SMILES string of the molecule is C=C(C(=O)OCC)[C@@H](Nc1ccc(F)cc1)c1ccc(OCc2ccccc2)cc1. The van der Waals surface area contributed by atoms with Crippen LogP contribution in [0.4, 0.5) is 10.1 Å². The van der Waals surface area contributed by atoms with Gasteiger partial charge in [-0.3, -0.25) is 0 Å². The molecule has 0 fully saturated rings. The normalized spacial score (nSPS) is 11.4. The fourth-order valence-electron chi connectivity index (χ4n) is 2.92. The van der Waals surface area contributed by atoms with E-state index < -0.39 is 12.0 Å². The van der Waals surface area contributed by atoms with Crippen LogP contribution in [-0.2, 0) is 16.1 Å². The van der Waals surface area contributed by atoms with E-state index in [1.54, 1.807) is 19.1 Å². The van der Waals surface area contributed by atoms with Crippen molar-refractivity contribution in [2.24, 2.45) is 0 Å². The van der Waals surface area contributed by atoms with Crippen molar-refractivity contribution in [3.05, 3.63) is 108 Å². The van der Waals surface area contributed by atoms with Gasteiger partial charge in [-0.25, -0.2) is 9.18 Å². The highest BCUT2D eigenvalue weighted by Gasteiger charge is 2.22.